The summed E-state index contributed by atoms with van der Waals surface area (Å²) < 4.78 is 4.94. The van der Waals surface area contributed by atoms with Crippen LogP contribution in [-0.2, 0) is 4.74 Å². The van der Waals surface area contributed by atoms with Crippen LogP contribution in [0.25, 0.3) is 0 Å². The van der Waals surface area contributed by atoms with Gasteiger partial charge in [0.05, 0.1) is 6.61 Å². The minimum absolute atomic E-state index is 0.288. The number of carbonyl (C=O) groups is 1. The third kappa shape index (κ3) is 1.81. The average Bonchev–Trinajstić information content (AvgIpc) is 2.53. The standard InChI is InChI=1S/C6H12N2O3/c1-2-8(10)6(9)7-3-4-11-5-7/h10H,2-5H2,1H3. The average molecular weight is 160 g/mol. The number of ether oxygens (including phenoxy) is 1. The van der Waals surface area contributed by atoms with Crippen molar-refractivity contribution >= 4 is 6.03 Å². The number of carbonyl (C=O) groups excluding carboxylic acids is 1. The minimum atomic E-state index is -0.384. The van der Waals surface area contributed by atoms with Gasteiger partial charge in [0.1, 0.15) is 6.73 Å². The molecule has 0 aromatic carbocycles. The summed E-state index contributed by atoms with van der Waals surface area (Å²) in [6.45, 7) is 3.42. The Morgan fingerprint density at radius 1 is 1.82 bits per heavy atom. The number of urea groups is 1. The van der Waals surface area contributed by atoms with Crippen molar-refractivity contribution in [2.45, 2.75) is 6.92 Å². The summed E-state index contributed by atoms with van der Waals surface area (Å²) in [5, 5.41) is 9.65. The Bertz CT molecular complexity index is 145. The van der Waals surface area contributed by atoms with Crippen LogP contribution in [0, 0.1) is 0 Å². The molecule has 1 saturated heterocycles. The molecule has 0 aromatic rings. The van der Waals surface area contributed by atoms with E-state index < -0.39 is 0 Å². The van der Waals surface area contributed by atoms with Crippen LogP contribution in [0.5, 0.6) is 0 Å². The number of nitrogens with zero attached hydrogens (tertiary/aromatic N) is 2. The van der Waals surface area contributed by atoms with Gasteiger partial charge in [-0.1, -0.05) is 0 Å². The molecule has 5 heteroatoms. The molecule has 1 heterocycles. The van der Waals surface area contributed by atoms with Crippen molar-refractivity contribution in [1.29, 1.82) is 0 Å². The Kier molecular flexibility index (Phi) is 2.67. The number of amides is 2. The van der Waals surface area contributed by atoms with E-state index in [2.05, 4.69) is 0 Å². The van der Waals surface area contributed by atoms with E-state index in [1.165, 1.54) is 4.90 Å². The number of hydrogen-bond donors (Lipinski definition) is 1. The van der Waals surface area contributed by atoms with Crippen LogP contribution in [0.2, 0.25) is 0 Å². The highest BCUT2D eigenvalue weighted by Crippen LogP contribution is 2.02. The highest BCUT2D eigenvalue weighted by Gasteiger charge is 2.21. The zero-order valence-corrected chi connectivity index (χ0v) is 6.49. The van der Waals surface area contributed by atoms with Crippen molar-refractivity contribution in [3.8, 4) is 0 Å². The second-order valence-electron chi connectivity index (χ2n) is 2.30. The molecule has 0 bridgehead atoms. The van der Waals surface area contributed by atoms with Gasteiger partial charge in [-0.15, -0.1) is 0 Å². The summed E-state index contributed by atoms with van der Waals surface area (Å²) in [6, 6.07) is -0.384. The summed E-state index contributed by atoms with van der Waals surface area (Å²) in [5.41, 5.74) is 0. The van der Waals surface area contributed by atoms with Gasteiger partial charge in [0.2, 0.25) is 0 Å². The van der Waals surface area contributed by atoms with Gasteiger partial charge in [-0.2, -0.15) is 0 Å². The summed E-state index contributed by atoms with van der Waals surface area (Å²) in [6.07, 6.45) is 0. The fourth-order valence-corrected chi connectivity index (χ4v) is 0.863. The smallest absolute Gasteiger partial charge is 0.345 e. The van der Waals surface area contributed by atoms with Crippen molar-refractivity contribution < 1.29 is 14.7 Å². The second kappa shape index (κ2) is 3.54. The van der Waals surface area contributed by atoms with Crippen LogP contribution in [0.1, 0.15) is 6.92 Å². The SMILES string of the molecule is CCN(O)C(=O)N1CCOC1. The van der Waals surface area contributed by atoms with Crippen molar-refractivity contribution in [2.24, 2.45) is 0 Å². The molecule has 5 nitrogen and oxygen atoms in total. The molecule has 0 radical (unpaired) electrons. The van der Waals surface area contributed by atoms with E-state index in [1.54, 1.807) is 6.92 Å². The molecular formula is C6H12N2O3. The van der Waals surface area contributed by atoms with Crippen molar-refractivity contribution in [3.63, 3.8) is 0 Å². The molecule has 0 atom stereocenters. The molecule has 1 rings (SSSR count). The van der Waals surface area contributed by atoms with Gasteiger partial charge in [-0.3, -0.25) is 10.1 Å². The number of hydroxylamine groups is 2. The van der Waals surface area contributed by atoms with Crippen LogP contribution in [-0.4, -0.2) is 47.6 Å². The molecule has 2 amide bonds. The molecule has 1 fully saturated rings. The van der Waals surface area contributed by atoms with E-state index in [9.17, 15) is 4.79 Å². The fraction of sp³-hybridized carbons (Fsp3) is 0.833. The first kappa shape index (κ1) is 8.29. The normalized spacial score (nSPS) is 17.1. The molecule has 0 aliphatic carbocycles. The van der Waals surface area contributed by atoms with Crippen molar-refractivity contribution in [3.05, 3.63) is 0 Å². The van der Waals surface area contributed by atoms with E-state index >= 15 is 0 Å². The number of rotatable bonds is 1. The molecule has 1 N–H and O–H groups in total. The molecule has 0 spiro atoms. The largest absolute Gasteiger partial charge is 0.359 e. The third-order valence-corrected chi connectivity index (χ3v) is 1.54. The van der Waals surface area contributed by atoms with E-state index in [1.807, 2.05) is 0 Å². The van der Waals surface area contributed by atoms with Crippen LogP contribution in [0.4, 0.5) is 4.79 Å². The lowest BCUT2D eigenvalue weighted by atomic mass is 10.6. The van der Waals surface area contributed by atoms with Gasteiger partial charge in [-0.25, -0.2) is 9.86 Å². The lowest BCUT2D eigenvalue weighted by molar-refractivity contribution is -0.0535. The Balaban J connectivity index is 2.39. The Labute approximate surface area is 65.1 Å². The topological polar surface area (TPSA) is 53.0 Å². The molecule has 1 aliphatic rings. The Morgan fingerprint density at radius 3 is 3.00 bits per heavy atom. The van der Waals surface area contributed by atoms with Crippen LogP contribution < -0.4 is 0 Å². The lowest BCUT2D eigenvalue weighted by Crippen LogP contribution is -2.39. The van der Waals surface area contributed by atoms with Gasteiger partial charge in [0.15, 0.2) is 0 Å². The number of hydrogen-bond acceptors (Lipinski definition) is 3. The van der Waals surface area contributed by atoms with Gasteiger partial charge in [0, 0.05) is 13.1 Å². The molecule has 0 saturated carbocycles. The summed E-state index contributed by atoms with van der Waals surface area (Å²) in [5.74, 6) is 0. The summed E-state index contributed by atoms with van der Waals surface area (Å²) in [7, 11) is 0. The minimum Gasteiger partial charge on any atom is -0.359 e. The first-order valence-corrected chi connectivity index (χ1v) is 3.58. The third-order valence-electron chi connectivity index (χ3n) is 1.54. The Morgan fingerprint density at radius 2 is 2.55 bits per heavy atom. The van der Waals surface area contributed by atoms with E-state index in [4.69, 9.17) is 9.94 Å². The highest BCUT2D eigenvalue weighted by atomic mass is 16.5. The predicted octanol–water partition coefficient (Wildman–Crippen LogP) is 0.107. The second-order valence-corrected chi connectivity index (χ2v) is 2.30. The Hall–Kier alpha value is -0.810. The lowest BCUT2D eigenvalue weighted by Gasteiger charge is -2.19. The molecular weight excluding hydrogens is 148 g/mol. The maximum absolute atomic E-state index is 11.1. The first-order chi connectivity index (χ1) is 5.25. The molecule has 1 aliphatic heterocycles. The van der Waals surface area contributed by atoms with E-state index in [-0.39, 0.29) is 12.8 Å². The zero-order valence-electron chi connectivity index (χ0n) is 6.49. The zero-order chi connectivity index (χ0) is 8.27. The van der Waals surface area contributed by atoms with Crippen molar-refractivity contribution in [2.75, 3.05) is 26.4 Å². The summed E-state index contributed by atoms with van der Waals surface area (Å²) in [4.78, 5) is 12.5. The van der Waals surface area contributed by atoms with Crippen LogP contribution >= 0.6 is 0 Å². The maximum Gasteiger partial charge on any atom is 0.345 e. The monoisotopic (exact) mass is 160 g/mol. The maximum atomic E-state index is 11.1. The van der Waals surface area contributed by atoms with Gasteiger partial charge in [-0.05, 0) is 6.92 Å². The highest BCUT2D eigenvalue weighted by molar-refractivity contribution is 5.73. The molecule has 0 aromatic heterocycles. The predicted molar refractivity (Wildman–Crippen MR) is 37.1 cm³/mol. The molecule has 0 unspecified atom stereocenters. The molecule has 64 valence electrons. The van der Waals surface area contributed by atoms with Gasteiger partial charge >= 0.3 is 6.03 Å². The van der Waals surface area contributed by atoms with Gasteiger partial charge < -0.3 is 4.74 Å². The summed E-state index contributed by atoms with van der Waals surface area (Å²) >= 11 is 0. The van der Waals surface area contributed by atoms with E-state index in [0.717, 1.165) is 0 Å². The van der Waals surface area contributed by atoms with Crippen molar-refractivity contribution in [1.82, 2.24) is 9.96 Å². The van der Waals surface area contributed by atoms with Crippen LogP contribution in [0.3, 0.4) is 0 Å². The van der Waals surface area contributed by atoms with Gasteiger partial charge in [0.25, 0.3) is 0 Å². The van der Waals surface area contributed by atoms with E-state index in [0.29, 0.717) is 24.8 Å². The quantitative estimate of drug-likeness (QED) is 0.437. The van der Waals surface area contributed by atoms with Crippen LogP contribution in [0.15, 0.2) is 0 Å². The first-order valence-electron chi connectivity index (χ1n) is 3.58. The molecule has 11 heavy (non-hydrogen) atoms. The fourth-order valence-electron chi connectivity index (χ4n) is 0.863.